The maximum absolute atomic E-state index is 14.4. The van der Waals surface area contributed by atoms with Crippen LogP contribution in [0.1, 0.15) is 83.9 Å². The molecule has 74 heavy (non-hydrogen) atoms. The topological polar surface area (TPSA) is 57.2 Å². The van der Waals surface area contributed by atoms with Crippen molar-refractivity contribution in [2.75, 3.05) is 51.3 Å². The third kappa shape index (κ3) is 12.0. The Kier molecular flexibility index (Phi) is 18.8. The third-order valence-corrected chi connectivity index (χ3v) is 19.0. The summed E-state index contributed by atoms with van der Waals surface area (Å²) in [7, 11) is 1.65. The average Bonchev–Trinajstić information content (AvgIpc) is 3.74. The molecule has 10 heteroatoms. The summed E-state index contributed by atoms with van der Waals surface area (Å²) in [5.41, 5.74) is 9.66. The van der Waals surface area contributed by atoms with Gasteiger partial charge >= 0.3 is 0 Å². The number of carbonyl (C=O) groups excluding carboxylic acids is 1. The lowest BCUT2D eigenvalue weighted by atomic mass is 9.73. The van der Waals surface area contributed by atoms with Crippen molar-refractivity contribution in [3.05, 3.63) is 249 Å². The summed E-state index contributed by atoms with van der Waals surface area (Å²) in [6.45, 7) is 5.52. The van der Waals surface area contributed by atoms with Gasteiger partial charge in [0.05, 0.1) is 31.8 Å². The van der Waals surface area contributed by atoms with E-state index in [-0.39, 0.29) is 17.7 Å². The summed E-state index contributed by atoms with van der Waals surface area (Å²) in [4.78, 5) is 25.1. The fraction of sp³-hybridized carbons (Fsp3) is 0.312. The summed E-state index contributed by atoms with van der Waals surface area (Å²) in [6, 6.07) is 71.9. The van der Waals surface area contributed by atoms with Crippen molar-refractivity contribution < 1.29 is 9.63 Å². The van der Waals surface area contributed by atoms with Gasteiger partial charge < -0.3 is 10.2 Å². The molecule has 6 nitrogen and oxygen atoms in total. The number of thioether (sulfide) groups is 2. The van der Waals surface area contributed by atoms with Gasteiger partial charge in [-0.1, -0.05) is 223 Å². The smallest absolute Gasteiger partial charge is 0.234 e. The van der Waals surface area contributed by atoms with Crippen molar-refractivity contribution in [2.24, 2.45) is 11.1 Å². The monoisotopic (exact) mass is 1060 g/mol. The third-order valence-electron chi connectivity index (χ3n) is 15.2. The van der Waals surface area contributed by atoms with E-state index < -0.39 is 9.49 Å². The first kappa shape index (κ1) is 53.5. The van der Waals surface area contributed by atoms with Crippen LogP contribution in [0, 0.1) is 5.92 Å². The number of fused-ring (bicyclic) bond motifs is 2. The Morgan fingerprint density at radius 1 is 0.649 bits per heavy atom. The molecule has 7 aromatic rings. The van der Waals surface area contributed by atoms with Crippen LogP contribution in [-0.2, 0) is 19.1 Å². The van der Waals surface area contributed by atoms with Gasteiger partial charge in [0.25, 0.3) is 0 Å². The average molecular weight is 1060 g/mol. The van der Waals surface area contributed by atoms with E-state index in [4.69, 9.17) is 28.0 Å². The molecule has 0 radical (unpaired) electrons. The minimum absolute atomic E-state index is 0.0479. The Bertz CT molecular complexity index is 2670. The van der Waals surface area contributed by atoms with Crippen molar-refractivity contribution in [1.82, 2.24) is 15.1 Å². The number of halogens is 2. The van der Waals surface area contributed by atoms with E-state index in [0.717, 1.165) is 69.0 Å². The van der Waals surface area contributed by atoms with Crippen molar-refractivity contribution in [3.63, 3.8) is 0 Å². The first-order valence-electron chi connectivity index (χ1n) is 26.3. The van der Waals surface area contributed by atoms with Gasteiger partial charge in [-0.15, -0.1) is 23.5 Å². The predicted molar refractivity (Wildman–Crippen MR) is 313 cm³/mol. The van der Waals surface area contributed by atoms with Crippen LogP contribution in [0.5, 0.6) is 0 Å². The van der Waals surface area contributed by atoms with Gasteiger partial charge in [0.2, 0.25) is 5.91 Å². The Labute approximate surface area is 458 Å². The van der Waals surface area contributed by atoms with Crippen molar-refractivity contribution in [2.45, 2.75) is 66.5 Å². The van der Waals surface area contributed by atoms with Crippen LogP contribution >= 0.6 is 46.7 Å². The molecule has 4 atom stereocenters. The molecule has 0 saturated carbocycles. The second-order valence-corrected chi connectivity index (χ2v) is 22.9. The molecule has 2 saturated heterocycles. The molecule has 1 amide bonds. The molecule has 2 unspecified atom stereocenters. The summed E-state index contributed by atoms with van der Waals surface area (Å²) < 4.78 is -0.909. The number of benzene rings is 7. The zero-order chi connectivity index (χ0) is 51.2. The van der Waals surface area contributed by atoms with Gasteiger partial charge in [0.1, 0.15) is 7.11 Å². The van der Waals surface area contributed by atoms with Gasteiger partial charge in [-0.3, -0.25) is 14.6 Å². The number of piperidine rings is 1. The first-order chi connectivity index (χ1) is 36.3. The van der Waals surface area contributed by atoms with Crippen molar-refractivity contribution >= 4 is 58.3 Å². The fourth-order valence-corrected chi connectivity index (χ4v) is 15.2. The SMILES string of the molecule is CCC(=NOC)[C@@H]1C2CCC(C[C@@H]1c1ccc(Cl)c(Cl)c1)N2CCCN(CCSC(c1ccccc1)(c1ccccc1)c1ccccc1)CC(=O)NCCSC(c1ccccc1)(c1ccccc1)c1ccccc1. The van der Waals surface area contributed by atoms with Gasteiger partial charge in [0, 0.05) is 42.6 Å². The minimum Gasteiger partial charge on any atom is -0.399 e. The van der Waals surface area contributed by atoms with Gasteiger partial charge in [-0.25, -0.2) is 0 Å². The molecular formula is C64H68Cl2N4O2S2. The Morgan fingerprint density at radius 3 is 1.57 bits per heavy atom. The molecule has 2 fully saturated rings. The molecule has 0 aliphatic carbocycles. The molecule has 0 spiro atoms. The van der Waals surface area contributed by atoms with Crippen molar-refractivity contribution in [1.29, 1.82) is 0 Å². The van der Waals surface area contributed by atoms with Crippen molar-refractivity contribution in [3.8, 4) is 0 Å². The van der Waals surface area contributed by atoms with E-state index >= 15 is 0 Å². The molecule has 2 bridgehead atoms. The maximum Gasteiger partial charge on any atom is 0.234 e. The lowest BCUT2D eigenvalue weighted by Crippen LogP contribution is -2.51. The minimum atomic E-state index is -0.456. The van der Waals surface area contributed by atoms with E-state index in [1.807, 2.05) is 29.6 Å². The number of carbonyl (C=O) groups is 1. The largest absolute Gasteiger partial charge is 0.399 e. The maximum atomic E-state index is 14.4. The van der Waals surface area contributed by atoms with Gasteiger partial charge in [-0.2, -0.15) is 0 Å². The van der Waals surface area contributed by atoms with Crippen LogP contribution in [0.3, 0.4) is 0 Å². The molecule has 7 aromatic carbocycles. The quantitative estimate of drug-likeness (QED) is 0.0282. The van der Waals surface area contributed by atoms with Crippen LogP contribution in [0.2, 0.25) is 10.0 Å². The van der Waals surface area contributed by atoms with E-state index in [2.05, 4.69) is 221 Å². The number of nitrogens with zero attached hydrogens (tertiary/aromatic N) is 3. The molecular weight excluding hydrogens is 992 g/mol. The first-order valence-corrected chi connectivity index (χ1v) is 29.0. The highest BCUT2D eigenvalue weighted by molar-refractivity contribution is 8.00. The summed E-state index contributed by atoms with van der Waals surface area (Å²) >= 11 is 16.9. The lowest BCUT2D eigenvalue weighted by Gasteiger charge is -2.45. The number of nitrogens with one attached hydrogen (secondary N) is 1. The highest BCUT2D eigenvalue weighted by Gasteiger charge is 2.49. The molecule has 1 N–H and O–H groups in total. The predicted octanol–water partition coefficient (Wildman–Crippen LogP) is 14.6. The number of rotatable bonds is 24. The summed E-state index contributed by atoms with van der Waals surface area (Å²) in [5, 5.41) is 9.22. The van der Waals surface area contributed by atoms with Crippen LogP contribution in [0.15, 0.2) is 205 Å². The highest BCUT2D eigenvalue weighted by Crippen LogP contribution is 2.51. The number of hydrogen-bond donors (Lipinski definition) is 1. The Balaban J connectivity index is 0.947. The highest BCUT2D eigenvalue weighted by atomic mass is 35.5. The second kappa shape index (κ2) is 26.0. The summed E-state index contributed by atoms with van der Waals surface area (Å²) in [5.74, 6) is 2.04. The molecule has 382 valence electrons. The van der Waals surface area contributed by atoms with Gasteiger partial charge in [0.15, 0.2) is 0 Å². The van der Waals surface area contributed by atoms with E-state index in [1.165, 1.54) is 38.9 Å². The fourth-order valence-electron chi connectivity index (χ4n) is 11.9. The Morgan fingerprint density at radius 2 is 1.12 bits per heavy atom. The normalized spacial score (nSPS) is 18.1. The number of hydrogen-bond acceptors (Lipinski definition) is 7. The van der Waals surface area contributed by atoms with Crippen LogP contribution < -0.4 is 5.32 Å². The van der Waals surface area contributed by atoms with Crippen LogP contribution in [-0.4, -0.2) is 84.8 Å². The molecule has 2 aliphatic heterocycles. The van der Waals surface area contributed by atoms with Gasteiger partial charge in [-0.05, 0) is 102 Å². The summed E-state index contributed by atoms with van der Waals surface area (Å²) in [6.07, 6.45) is 5.01. The molecule has 0 aromatic heterocycles. The lowest BCUT2D eigenvalue weighted by molar-refractivity contribution is -0.122. The van der Waals surface area contributed by atoms with E-state index in [9.17, 15) is 4.79 Å². The standard InChI is InChI=1S/C64H68Cl2N4O2S2/c1-3-59(68-72-2)62-56(48-35-37-57(65)58(66)45-48)46-55-36-38-60(62)70(55)41-22-40-69(42-44-74-64(52-29-16-7-17-30-52,53-31-18-8-19-32-53)54-33-20-9-21-34-54)47-61(71)67-39-43-73-63(49-23-10-4-11-24-49,50-25-12-5-13-26-50)51-27-14-6-15-28-51/h4-21,23-35,37,45,55-56,60,62H,3,22,36,38-44,46-47H2,1-2H3,(H,67,71)/t55?,56-,60?,62-/m1/s1. The Hall–Kier alpha value is -5.32. The van der Waals surface area contributed by atoms with E-state index in [0.29, 0.717) is 35.2 Å². The number of oxime groups is 1. The zero-order valence-corrected chi connectivity index (χ0v) is 45.7. The van der Waals surface area contributed by atoms with Crippen LogP contribution in [0.4, 0.5) is 0 Å². The van der Waals surface area contributed by atoms with Crippen LogP contribution in [0.25, 0.3) is 0 Å². The molecule has 2 heterocycles. The molecule has 2 aliphatic rings. The second-order valence-electron chi connectivity index (χ2n) is 19.4. The zero-order valence-electron chi connectivity index (χ0n) is 42.6. The van der Waals surface area contributed by atoms with E-state index in [1.54, 1.807) is 7.11 Å². The molecule has 9 rings (SSSR count). The number of amides is 1.